The standard InChI is InChI=1S/C24H38N6O.HI/c1-26-24(30-13-9-22(18-30)29-11-2-3-12-29)27-15-19-6-4-7-20(14-19)16-28-10-5-8-21(17-28)23(25)31;/h4,6-7,14,21-22H,2-3,5,8-13,15-18H2,1H3,(H2,25,31)(H,26,27);1H. The average molecular weight is 555 g/mol. The third-order valence-corrected chi connectivity index (χ3v) is 7.09. The van der Waals surface area contributed by atoms with Gasteiger partial charge in [0.2, 0.25) is 5.91 Å². The van der Waals surface area contributed by atoms with Crippen molar-refractivity contribution >= 4 is 35.8 Å². The molecule has 3 fully saturated rings. The minimum atomic E-state index is -0.164. The Morgan fingerprint density at radius 2 is 1.88 bits per heavy atom. The first kappa shape index (κ1) is 25.2. The van der Waals surface area contributed by atoms with Crippen molar-refractivity contribution in [1.29, 1.82) is 0 Å². The summed E-state index contributed by atoms with van der Waals surface area (Å²) in [6.07, 6.45) is 5.89. The summed E-state index contributed by atoms with van der Waals surface area (Å²) in [7, 11) is 1.88. The fraction of sp³-hybridized carbons (Fsp3) is 0.667. The average Bonchev–Trinajstić information content (AvgIpc) is 3.47. The Labute approximate surface area is 209 Å². The van der Waals surface area contributed by atoms with Crippen LogP contribution in [0.2, 0.25) is 0 Å². The second-order valence-corrected chi connectivity index (χ2v) is 9.33. The van der Waals surface area contributed by atoms with Crippen LogP contribution in [-0.4, -0.2) is 78.9 Å². The largest absolute Gasteiger partial charge is 0.369 e. The molecule has 178 valence electrons. The number of piperidine rings is 1. The third kappa shape index (κ3) is 6.57. The molecule has 3 aliphatic rings. The van der Waals surface area contributed by atoms with E-state index in [9.17, 15) is 4.79 Å². The highest BCUT2D eigenvalue weighted by molar-refractivity contribution is 14.0. The number of aliphatic imine (C=N–C) groups is 1. The van der Waals surface area contributed by atoms with E-state index in [1.165, 1.54) is 43.5 Å². The number of nitrogens with two attached hydrogens (primary N) is 1. The molecule has 3 heterocycles. The molecule has 7 nitrogen and oxygen atoms in total. The number of likely N-dealkylation sites (tertiary alicyclic amines) is 3. The van der Waals surface area contributed by atoms with Crippen molar-refractivity contribution < 1.29 is 4.79 Å². The maximum absolute atomic E-state index is 11.6. The molecule has 4 rings (SSSR count). The van der Waals surface area contributed by atoms with Gasteiger partial charge in [-0.1, -0.05) is 24.3 Å². The van der Waals surface area contributed by atoms with E-state index in [2.05, 4.69) is 49.3 Å². The number of hydrogen-bond donors (Lipinski definition) is 2. The number of nitrogens with zero attached hydrogens (tertiary/aromatic N) is 4. The molecule has 2 unspecified atom stereocenters. The Bertz CT molecular complexity index is 782. The first-order valence-corrected chi connectivity index (χ1v) is 11.9. The van der Waals surface area contributed by atoms with Crippen LogP contribution < -0.4 is 11.1 Å². The zero-order valence-corrected chi connectivity index (χ0v) is 21.7. The monoisotopic (exact) mass is 554 g/mol. The normalized spacial score (nSPS) is 25.0. The number of halogens is 1. The van der Waals surface area contributed by atoms with Gasteiger partial charge in [-0.2, -0.15) is 0 Å². The van der Waals surface area contributed by atoms with Crippen LogP contribution >= 0.6 is 24.0 Å². The van der Waals surface area contributed by atoms with Crippen LogP contribution in [0.3, 0.4) is 0 Å². The molecule has 0 spiro atoms. The number of hydrogen-bond acceptors (Lipinski definition) is 4. The molecule has 8 heteroatoms. The molecule has 0 bridgehead atoms. The Balaban J connectivity index is 0.00000289. The summed E-state index contributed by atoms with van der Waals surface area (Å²) >= 11 is 0. The first-order chi connectivity index (χ1) is 15.1. The van der Waals surface area contributed by atoms with Gasteiger partial charge < -0.3 is 16.0 Å². The van der Waals surface area contributed by atoms with Crippen LogP contribution in [0.25, 0.3) is 0 Å². The lowest BCUT2D eigenvalue weighted by atomic mass is 9.97. The fourth-order valence-corrected chi connectivity index (χ4v) is 5.38. The van der Waals surface area contributed by atoms with E-state index >= 15 is 0 Å². The Hall–Kier alpha value is -1.39. The van der Waals surface area contributed by atoms with Gasteiger partial charge >= 0.3 is 0 Å². The molecule has 0 aliphatic carbocycles. The topological polar surface area (TPSA) is 77.2 Å². The van der Waals surface area contributed by atoms with Crippen LogP contribution in [0.4, 0.5) is 0 Å². The summed E-state index contributed by atoms with van der Waals surface area (Å²) in [5.74, 6) is 0.835. The summed E-state index contributed by atoms with van der Waals surface area (Å²) < 4.78 is 0. The van der Waals surface area contributed by atoms with Crippen molar-refractivity contribution in [2.45, 2.75) is 51.2 Å². The lowest BCUT2D eigenvalue weighted by Crippen LogP contribution is -2.42. The number of carbonyl (C=O) groups excluding carboxylic acids is 1. The zero-order valence-electron chi connectivity index (χ0n) is 19.3. The van der Waals surface area contributed by atoms with Gasteiger partial charge in [0.05, 0.1) is 5.92 Å². The molecule has 0 radical (unpaired) electrons. The number of guanidine groups is 1. The van der Waals surface area contributed by atoms with E-state index < -0.39 is 0 Å². The lowest BCUT2D eigenvalue weighted by molar-refractivity contribution is -0.123. The number of benzene rings is 1. The quantitative estimate of drug-likeness (QED) is 0.321. The maximum Gasteiger partial charge on any atom is 0.221 e. The molecule has 32 heavy (non-hydrogen) atoms. The van der Waals surface area contributed by atoms with Gasteiger partial charge in [-0.25, -0.2) is 0 Å². The fourth-order valence-electron chi connectivity index (χ4n) is 5.38. The van der Waals surface area contributed by atoms with Crippen LogP contribution in [-0.2, 0) is 17.9 Å². The van der Waals surface area contributed by atoms with Gasteiger partial charge in [-0.3, -0.25) is 19.6 Å². The Kier molecular flexibility index (Phi) is 9.61. The molecule has 0 saturated carbocycles. The SMILES string of the molecule is CN=C(NCc1cccc(CN2CCCC(C(N)=O)C2)c1)N1CCC(N2CCCC2)C1.I. The molecular weight excluding hydrogens is 515 g/mol. The molecule has 1 aromatic rings. The summed E-state index contributed by atoms with van der Waals surface area (Å²) in [5, 5.41) is 3.57. The van der Waals surface area contributed by atoms with Gasteiger partial charge in [0, 0.05) is 45.8 Å². The van der Waals surface area contributed by atoms with Crippen molar-refractivity contribution in [2.24, 2.45) is 16.6 Å². The summed E-state index contributed by atoms with van der Waals surface area (Å²) in [5.41, 5.74) is 8.08. The van der Waals surface area contributed by atoms with Gasteiger partial charge in [-0.05, 0) is 62.9 Å². The smallest absolute Gasteiger partial charge is 0.221 e. The molecule has 3 N–H and O–H groups in total. The molecule has 3 aliphatic heterocycles. The number of amides is 1. The van der Waals surface area contributed by atoms with Crippen LogP contribution in [0, 0.1) is 5.92 Å². The first-order valence-electron chi connectivity index (χ1n) is 11.9. The molecule has 1 aromatic carbocycles. The minimum Gasteiger partial charge on any atom is -0.369 e. The van der Waals surface area contributed by atoms with Gasteiger partial charge in [-0.15, -0.1) is 24.0 Å². The second-order valence-electron chi connectivity index (χ2n) is 9.33. The van der Waals surface area contributed by atoms with Crippen molar-refractivity contribution in [3.63, 3.8) is 0 Å². The number of rotatable bonds is 6. The molecule has 0 aromatic heterocycles. The minimum absolute atomic E-state index is 0. The van der Waals surface area contributed by atoms with E-state index in [0.717, 1.165) is 58.1 Å². The Morgan fingerprint density at radius 1 is 1.09 bits per heavy atom. The van der Waals surface area contributed by atoms with Crippen LogP contribution in [0.5, 0.6) is 0 Å². The predicted molar refractivity (Wildman–Crippen MR) is 140 cm³/mol. The highest BCUT2D eigenvalue weighted by Crippen LogP contribution is 2.21. The third-order valence-electron chi connectivity index (χ3n) is 7.09. The predicted octanol–water partition coefficient (Wildman–Crippen LogP) is 2.25. The number of nitrogens with one attached hydrogen (secondary N) is 1. The second kappa shape index (κ2) is 12.2. The van der Waals surface area contributed by atoms with Crippen LogP contribution in [0.15, 0.2) is 29.3 Å². The van der Waals surface area contributed by atoms with E-state index in [-0.39, 0.29) is 35.8 Å². The van der Waals surface area contributed by atoms with E-state index in [1.54, 1.807) is 0 Å². The van der Waals surface area contributed by atoms with Crippen LogP contribution in [0.1, 0.15) is 43.2 Å². The highest BCUT2D eigenvalue weighted by atomic mass is 127. The summed E-state index contributed by atoms with van der Waals surface area (Å²) in [6.45, 7) is 8.13. The van der Waals surface area contributed by atoms with Crippen molar-refractivity contribution in [3.05, 3.63) is 35.4 Å². The lowest BCUT2D eigenvalue weighted by Gasteiger charge is -2.31. The zero-order chi connectivity index (χ0) is 21.6. The maximum atomic E-state index is 11.6. The highest BCUT2D eigenvalue weighted by Gasteiger charge is 2.30. The van der Waals surface area contributed by atoms with Gasteiger partial charge in [0.25, 0.3) is 0 Å². The summed E-state index contributed by atoms with van der Waals surface area (Å²) in [4.78, 5) is 23.5. The van der Waals surface area contributed by atoms with E-state index in [1.807, 2.05) is 7.05 Å². The van der Waals surface area contributed by atoms with Gasteiger partial charge in [0.1, 0.15) is 0 Å². The molecule has 3 saturated heterocycles. The van der Waals surface area contributed by atoms with Crippen molar-refractivity contribution in [1.82, 2.24) is 20.0 Å². The van der Waals surface area contributed by atoms with E-state index in [4.69, 9.17) is 5.73 Å². The van der Waals surface area contributed by atoms with E-state index in [0.29, 0.717) is 6.04 Å². The van der Waals surface area contributed by atoms with Crippen molar-refractivity contribution in [3.8, 4) is 0 Å². The molecule has 2 atom stereocenters. The molecular formula is C24H39IN6O. The molecule has 1 amide bonds. The number of primary amides is 1. The van der Waals surface area contributed by atoms with Crippen molar-refractivity contribution in [2.75, 3.05) is 46.3 Å². The Morgan fingerprint density at radius 3 is 2.62 bits per heavy atom. The number of carbonyl (C=O) groups is 1. The van der Waals surface area contributed by atoms with Gasteiger partial charge in [0.15, 0.2) is 5.96 Å². The summed E-state index contributed by atoms with van der Waals surface area (Å²) in [6, 6.07) is 9.42.